The SMILES string of the molecule is OCCOc1ccc2ccc(OCCO)c(Sc3ccccc3)c2c1. The lowest BCUT2D eigenvalue weighted by molar-refractivity contribution is 0.199. The Balaban J connectivity index is 2.05. The molecule has 4 nitrogen and oxygen atoms in total. The van der Waals surface area contributed by atoms with Gasteiger partial charge in [0, 0.05) is 10.3 Å². The van der Waals surface area contributed by atoms with Crippen LogP contribution in [0.25, 0.3) is 10.8 Å². The van der Waals surface area contributed by atoms with Gasteiger partial charge in [0.2, 0.25) is 0 Å². The molecule has 0 atom stereocenters. The van der Waals surface area contributed by atoms with Gasteiger partial charge in [0.05, 0.1) is 18.1 Å². The van der Waals surface area contributed by atoms with E-state index in [1.165, 1.54) is 0 Å². The van der Waals surface area contributed by atoms with Crippen LogP contribution in [0.5, 0.6) is 11.5 Å². The molecule has 130 valence electrons. The number of ether oxygens (including phenoxy) is 2. The Labute approximate surface area is 151 Å². The molecule has 0 aromatic heterocycles. The molecule has 5 heteroatoms. The number of hydrogen-bond acceptors (Lipinski definition) is 5. The Kier molecular flexibility index (Phi) is 6.17. The Hall–Kier alpha value is -2.21. The highest BCUT2D eigenvalue weighted by molar-refractivity contribution is 7.99. The van der Waals surface area contributed by atoms with Crippen molar-refractivity contribution < 1.29 is 19.7 Å². The van der Waals surface area contributed by atoms with Crippen LogP contribution in [0.3, 0.4) is 0 Å². The zero-order valence-corrected chi connectivity index (χ0v) is 14.5. The van der Waals surface area contributed by atoms with Crippen LogP contribution in [0.1, 0.15) is 0 Å². The van der Waals surface area contributed by atoms with E-state index < -0.39 is 0 Å². The van der Waals surface area contributed by atoms with E-state index >= 15 is 0 Å². The molecule has 25 heavy (non-hydrogen) atoms. The van der Waals surface area contributed by atoms with Crippen LogP contribution in [0, 0.1) is 0 Å². The lowest BCUT2D eigenvalue weighted by atomic mass is 10.1. The first-order valence-corrected chi connectivity index (χ1v) is 8.90. The first kappa shape index (κ1) is 17.6. The number of aliphatic hydroxyl groups is 2. The fraction of sp³-hybridized carbons (Fsp3) is 0.200. The Morgan fingerprint density at radius 3 is 2.28 bits per heavy atom. The van der Waals surface area contributed by atoms with Crippen molar-refractivity contribution in [1.29, 1.82) is 0 Å². The molecule has 0 radical (unpaired) electrons. The molecule has 0 saturated heterocycles. The minimum atomic E-state index is -0.0346. The smallest absolute Gasteiger partial charge is 0.133 e. The van der Waals surface area contributed by atoms with Gasteiger partial charge in [-0.05, 0) is 35.7 Å². The number of hydrogen-bond donors (Lipinski definition) is 2. The van der Waals surface area contributed by atoms with Gasteiger partial charge in [0.15, 0.2) is 0 Å². The fourth-order valence-corrected chi connectivity index (χ4v) is 3.53. The van der Waals surface area contributed by atoms with Gasteiger partial charge in [-0.15, -0.1) is 0 Å². The van der Waals surface area contributed by atoms with Crippen LogP contribution in [0.4, 0.5) is 0 Å². The number of aliphatic hydroxyl groups excluding tert-OH is 2. The molecule has 0 aliphatic carbocycles. The summed E-state index contributed by atoms with van der Waals surface area (Å²) in [6.45, 7) is 0.443. The van der Waals surface area contributed by atoms with E-state index in [9.17, 15) is 0 Å². The quantitative estimate of drug-likeness (QED) is 0.644. The van der Waals surface area contributed by atoms with Crippen molar-refractivity contribution in [2.45, 2.75) is 9.79 Å². The molecule has 2 N–H and O–H groups in total. The van der Waals surface area contributed by atoms with Gasteiger partial charge >= 0.3 is 0 Å². The molecule has 0 heterocycles. The van der Waals surface area contributed by atoms with Gasteiger partial charge in [-0.1, -0.05) is 42.1 Å². The average molecular weight is 356 g/mol. The summed E-state index contributed by atoms with van der Waals surface area (Å²) >= 11 is 1.62. The molecule has 0 fully saturated rings. The van der Waals surface area contributed by atoms with Crippen molar-refractivity contribution in [1.82, 2.24) is 0 Å². The van der Waals surface area contributed by atoms with E-state index in [0.29, 0.717) is 5.75 Å². The Bertz CT molecular complexity index is 815. The highest BCUT2D eigenvalue weighted by atomic mass is 32.2. The summed E-state index contributed by atoms with van der Waals surface area (Å²) in [5.74, 6) is 1.44. The third kappa shape index (κ3) is 4.45. The Morgan fingerprint density at radius 2 is 1.52 bits per heavy atom. The Morgan fingerprint density at radius 1 is 0.800 bits per heavy atom. The monoisotopic (exact) mass is 356 g/mol. The lowest BCUT2D eigenvalue weighted by Gasteiger charge is -2.14. The molecule has 0 amide bonds. The zero-order chi connectivity index (χ0) is 17.5. The van der Waals surface area contributed by atoms with E-state index in [2.05, 4.69) is 0 Å². The zero-order valence-electron chi connectivity index (χ0n) is 13.7. The minimum Gasteiger partial charge on any atom is -0.491 e. The third-order valence-corrected chi connectivity index (χ3v) is 4.71. The predicted molar refractivity (Wildman–Crippen MR) is 99.7 cm³/mol. The summed E-state index contributed by atoms with van der Waals surface area (Å²) in [7, 11) is 0. The van der Waals surface area contributed by atoms with Crippen LogP contribution in [0.2, 0.25) is 0 Å². The van der Waals surface area contributed by atoms with Crippen molar-refractivity contribution in [2.75, 3.05) is 26.4 Å². The second kappa shape index (κ2) is 8.76. The first-order valence-electron chi connectivity index (χ1n) is 8.09. The maximum absolute atomic E-state index is 9.09. The average Bonchev–Trinajstić information content (AvgIpc) is 2.66. The molecule has 0 bridgehead atoms. The van der Waals surface area contributed by atoms with Gasteiger partial charge in [-0.25, -0.2) is 0 Å². The minimum absolute atomic E-state index is 0.0245. The van der Waals surface area contributed by atoms with E-state index in [-0.39, 0.29) is 26.4 Å². The molecular formula is C20H20O4S. The normalized spacial score (nSPS) is 10.8. The molecule has 0 unspecified atom stereocenters. The number of fused-ring (bicyclic) bond motifs is 1. The van der Waals surface area contributed by atoms with Crippen LogP contribution >= 0.6 is 11.8 Å². The largest absolute Gasteiger partial charge is 0.491 e. The van der Waals surface area contributed by atoms with E-state index in [0.717, 1.165) is 26.3 Å². The number of rotatable bonds is 8. The van der Waals surface area contributed by atoms with Crippen LogP contribution in [-0.4, -0.2) is 36.6 Å². The highest BCUT2D eigenvalue weighted by Gasteiger charge is 2.12. The van der Waals surface area contributed by atoms with E-state index in [1.807, 2.05) is 60.7 Å². The molecule has 3 aromatic carbocycles. The molecule has 0 aliphatic heterocycles. The summed E-state index contributed by atoms with van der Waals surface area (Å²) in [5, 5.41) is 20.1. The van der Waals surface area contributed by atoms with E-state index in [1.54, 1.807) is 11.8 Å². The maximum atomic E-state index is 9.09. The molecule has 3 aromatic rings. The molecule has 0 spiro atoms. The van der Waals surface area contributed by atoms with Crippen molar-refractivity contribution in [2.24, 2.45) is 0 Å². The molecule has 0 saturated carbocycles. The van der Waals surface area contributed by atoms with E-state index in [4.69, 9.17) is 19.7 Å². The molecule has 0 aliphatic rings. The highest BCUT2D eigenvalue weighted by Crippen LogP contribution is 2.41. The van der Waals surface area contributed by atoms with Gasteiger partial charge in [-0.3, -0.25) is 0 Å². The van der Waals surface area contributed by atoms with Gasteiger partial charge < -0.3 is 19.7 Å². The summed E-state index contributed by atoms with van der Waals surface area (Å²) in [6.07, 6.45) is 0. The first-order chi connectivity index (χ1) is 12.3. The maximum Gasteiger partial charge on any atom is 0.133 e. The molecule has 3 rings (SSSR count). The second-order valence-electron chi connectivity index (χ2n) is 5.34. The van der Waals surface area contributed by atoms with Gasteiger partial charge in [0.1, 0.15) is 24.7 Å². The van der Waals surface area contributed by atoms with Crippen LogP contribution in [0.15, 0.2) is 70.5 Å². The topological polar surface area (TPSA) is 58.9 Å². The van der Waals surface area contributed by atoms with Crippen LogP contribution in [-0.2, 0) is 0 Å². The van der Waals surface area contributed by atoms with Crippen molar-refractivity contribution in [3.8, 4) is 11.5 Å². The lowest BCUT2D eigenvalue weighted by Crippen LogP contribution is -2.03. The summed E-state index contributed by atoms with van der Waals surface area (Å²) < 4.78 is 11.3. The third-order valence-electron chi connectivity index (χ3n) is 3.58. The standard InChI is InChI=1S/C20H20O4S/c21-10-12-23-16-8-6-15-7-9-19(24-13-11-22)20(18(15)14-16)25-17-4-2-1-3-5-17/h1-9,14,21-22H,10-13H2. The summed E-state index contributed by atoms with van der Waals surface area (Å²) in [4.78, 5) is 2.08. The van der Waals surface area contributed by atoms with Gasteiger partial charge in [0.25, 0.3) is 0 Å². The molecular weight excluding hydrogens is 336 g/mol. The van der Waals surface area contributed by atoms with Crippen molar-refractivity contribution in [3.05, 3.63) is 60.7 Å². The van der Waals surface area contributed by atoms with Crippen molar-refractivity contribution >= 4 is 22.5 Å². The van der Waals surface area contributed by atoms with Crippen LogP contribution < -0.4 is 9.47 Å². The summed E-state index contributed by atoms with van der Waals surface area (Å²) in [5.41, 5.74) is 0. The van der Waals surface area contributed by atoms with Crippen molar-refractivity contribution in [3.63, 3.8) is 0 Å². The summed E-state index contributed by atoms with van der Waals surface area (Å²) in [6, 6.07) is 19.8. The second-order valence-corrected chi connectivity index (χ2v) is 6.42. The number of benzene rings is 3. The predicted octanol–water partition coefficient (Wildman–Crippen LogP) is 3.73. The van der Waals surface area contributed by atoms with Gasteiger partial charge in [-0.2, -0.15) is 0 Å². The fourth-order valence-electron chi connectivity index (χ4n) is 2.49.